The van der Waals surface area contributed by atoms with Crippen LogP contribution in [0.1, 0.15) is 37.0 Å². The van der Waals surface area contributed by atoms with Crippen molar-refractivity contribution in [3.63, 3.8) is 0 Å². The molecule has 1 heterocycles. The highest BCUT2D eigenvalue weighted by molar-refractivity contribution is 5.98. The number of benzene rings is 1. The average molecular weight is 350 g/mol. The second-order valence-corrected chi connectivity index (χ2v) is 6.57. The first-order chi connectivity index (χ1) is 11.8. The van der Waals surface area contributed by atoms with Gasteiger partial charge in [-0.2, -0.15) is 0 Å². The number of hydrogen-bond donors (Lipinski definition) is 1. The summed E-state index contributed by atoms with van der Waals surface area (Å²) in [7, 11) is 0. The molecule has 136 valence electrons. The van der Waals surface area contributed by atoms with Crippen LogP contribution in [0.5, 0.6) is 0 Å². The lowest BCUT2D eigenvalue weighted by atomic mass is 9.88. The summed E-state index contributed by atoms with van der Waals surface area (Å²) in [6, 6.07) is 5.48. The van der Waals surface area contributed by atoms with Crippen LogP contribution in [0.15, 0.2) is 24.3 Å². The molecule has 2 amide bonds. The predicted molar refractivity (Wildman–Crippen MR) is 89.3 cm³/mol. The maximum absolute atomic E-state index is 13.0. The van der Waals surface area contributed by atoms with Crippen molar-refractivity contribution in [1.29, 1.82) is 0 Å². The molecule has 1 saturated heterocycles. The fourth-order valence-electron chi connectivity index (χ4n) is 2.99. The minimum atomic E-state index is -0.978. The van der Waals surface area contributed by atoms with E-state index < -0.39 is 12.2 Å². The SMILES string of the molecule is CC(C)[C@H](OC(N)=O)C(=O)N1CCC(C(=O)c2ccc(F)cc2)CC1. The molecule has 1 aliphatic heterocycles. The first kappa shape index (κ1) is 18.9. The summed E-state index contributed by atoms with van der Waals surface area (Å²) in [6.45, 7) is 4.36. The summed E-state index contributed by atoms with van der Waals surface area (Å²) in [5.74, 6) is -1.11. The molecule has 1 fully saturated rings. The Morgan fingerprint density at radius 3 is 2.20 bits per heavy atom. The average Bonchev–Trinajstić information content (AvgIpc) is 2.59. The molecule has 6 nitrogen and oxygen atoms in total. The minimum absolute atomic E-state index is 0.0408. The Kier molecular flexibility index (Phi) is 6.12. The number of likely N-dealkylation sites (tertiary alicyclic amines) is 1. The molecule has 0 spiro atoms. The minimum Gasteiger partial charge on any atom is -0.436 e. The van der Waals surface area contributed by atoms with Crippen molar-refractivity contribution in [2.75, 3.05) is 13.1 Å². The molecule has 2 rings (SSSR count). The number of piperidine rings is 1. The molecular formula is C18H23FN2O4. The van der Waals surface area contributed by atoms with Gasteiger partial charge in [0.25, 0.3) is 5.91 Å². The molecule has 0 bridgehead atoms. The highest BCUT2D eigenvalue weighted by atomic mass is 19.1. The lowest BCUT2D eigenvalue weighted by molar-refractivity contribution is -0.143. The van der Waals surface area contributed by atoms with E-state index in [2.05, 4.69) is 0 Å². The number of Topliss-reactive ketones (excluding diaryl/α,β-unsaturated/α-hetero) is 1. The molecule has 25 heavy (non-hydrogen) atoms. The summed E-state index contributed by atoms with van der Waals surface area (Å²) in [5.41, 5.74) is 5.51. The predicted octanol–water partition coefficient (Wildman–Crippen LogP) is 2.37. The first-order valence-electron chi connectivity index (χ1n) is 8.34. The number of primary amides is 1. The van der Waals surface area contributed by atoms with E-state index in [-0.39, 0.29) is 29.3 Å². The fraction of sp³-hybridized carbons (Fsp3) is 0.500. The third kappa shape index (κ3) is 4.78. The monoisotopic (exact) mass is 350 g/mol. The van der Waals surface area contributed by atoms with Gasteiger partial charge < -0.3 is 15.4 Å². The zero-order chi connectivity index (χ0) is 18.6. The quantitative estimate of drug-likeness (QED) is 0.826. The summed E-state index contributed by atoms with van der Waals surface area (Å²) in [4.78, 5) is 37.6. The van der Waals surface area contributed by atoms with Crippen molar-refractivity contribution in [3.05, 3.63) is 35.6 Å². The van der Waals surface area contributed by atoms with E-state index >= 15 is 0 Å². The second-order valence-electron chi connectivity index (χ2n) is 6.57. The number of nitrogens with two attached hydrogens (primary N) is 1. The number of carbonyl (C=O) groups is 3. The topological polar surface area (TPSA) is 89.7 Å². The van der Waals surface area contributed by atoms with Crippen LogP contribution in [-0.4, -0.2) is 41.9 Å². The van der Waals surface area contributed by atoms with Crippen LogP contribution in [0, 0.1) is 17.7 Å². The molecule has 1 atom stereocenters. The van der Waals surface area contributed by atoms with Gasteiger partial charge in [0, 0.05) is 24.6 Å². The number of carbonyl (C=O) groups excluding carboxylic acids is 3. The Hall–Kier alpha value is -2.44. The number of halogens is 1. The third-order valence-electron chi connectivity index (χ3n) is 4.40. The van der Waals surface area contributed by atoms with Crippen molar-refractivity contribution in [1.82, 2.24) is 4.90 Å². The Morgan fingerprint density at radius 1 is 1.16 bits per heavy atom. The maximum Gasteiger partial charge on any atom is 0.405 e. The van der Waals surface area contributed by atoms with Gasteiger partial charge >= 0.3 is 6.09 Å². The number of hydrogen-bond acceptors (Lipinski definition) is 4. The zero-order valence-corrected chi connectivity index (χ0v) is 14.4. The summed E-state index contributed by atoms with van der Waals surface area (Å²) in [5, 5.41) is 0. The maximum atomic E-state index is 13.0. The highest BCUT2D eigenvalue weighted by Gasteiger charge is 2.34. The molecular weight excluding hydrogens is 327 g/mol. The molecule has 1 aromatic carbocycles. The van der Waals surface area contributed by atoms with Gasteiger partial charge in [-0.1, -0.05) is 13.8 Å². The van der Waals surface area contributed by atoms with Crippen molar-refractivity contribution in [2.24, 2.45) is 17.6 Å². The lowest BCUT2D eigenvalue weighted by Crippen LogP contribution is -2.48. The van der Waals surface area contributed by atoms with E-state index in [0.29, 0.717) is 31.5 Å². The molecule has 0 radical (unpaired) electrons. The second kappa shape index (κ2) is 8.09. The molecule has 7 heteroatoms. The Morgan fingerprint density at radius 2 is 1.72 bits per heavy atom. The van der Waals surface area contributed by atoms with E-state index in [1.54, 1.807) is 18.7 Å². The van der Waals surface area contributed by atoms with E-state index in [4.69, 9.17) is 10.5 Å². The van der Waals surface area contributed by atoms with Gasteiger partial charge in [0.1, 0.15) is 5.82 Å². The number of amides is 2. The highest BCUT2D eigenvalue weighted by Crippen LogP contribution is 2.23. The van der Waals surface area contributed by atoms with Crippen molar-refractivity contribution < 1.29 is 23.5 Å². The molecule has 0 aliphatic carbocycles. The molecule has 1 aromatic rings. The third-order valence-corrected chi connectivity index (χ3v) is 4.40. The first-order valence-corrected chi connectivity index (χ1v) is 8.34. The van der Waals surface area contributed by atoms with Gasteiger partial charge in [0.15, 0.2) is 11.9 Å². The molecule has 1 aliphatic rings. The van der Waals surface area contributed by atoms with Crippen LogP contribution < -0.4 is 5.73 Å². The number of rotatable bonds is 5. The van der Waals surface area contributed by atoms with Crippen LogP contribution in [0.4, 0.5) is 9.18 Å². The van der Waals surface area contributed by atoms with E-state index in [9.17, 15) is 18.8 Å². The van der Waals surface area contributed by atoms with Gasteiger partial charge in [-0.05, 0) is 43.0 Å². The largest absolute Gasteiger partial charge is 0.436 e. The Labute approximate surface area is 146 Å². The van der Waals surface area contributed by atoms with Gasteiger partial charge in [-0.3, -0.25) is 9.59 Å². The summed E-state index contributed by atoms with van der Waals surface area (Å²) < 4.78 is 17.9. The summed E-state index contributed by atoms with van der Waals surface area (Å²) >= 11 is 0. The number of nitrogens with zero attached hydrogens (tertiary/aromatic N) is 1. The molecule has 0 aromatic heterocycles. The van der Waals surface area contributed by atoms with Crippen LogP contribution >= 0.6 is 0 Å². The normalized spacial score (nSPS) is 16.6. The molecule has 0 saturated carbocycles. The van der Waals surface area contributed by atoms with E-state index in [0.717, 1.165) is 0 Å². The van der Waals surface area contributed by atoms with Crippen molar-refractivity contribution >= 4 is 17.8 Å². The fourth-order valence-corrected chi connectivity index (χ4v) is 2.99. The van der Waals surface area contributed by atoms with Crippen molar-refractivity contribution in [2.45, 2.75) is 32.8 Å². The standard InChI is InChI=1S/C18H23FN2O4/c1-11(2)16(25-18(20)24)17(23)21-9-7-13(8-10-21)15(22)12-3-5-14(19)6-4-12/h3-6,11,13,16H,7-10H2,1-2H3,(H2,20,24)/t16-/m0/s1. The van der Waals surface area contributed by atoms with Crippen LogP contribution in [0.2, 0.25) is 0 Å². The zero-order valence-electron chi connectivity index (χ0n) is 14.4. The van der Waals surface area contributed by atoms with Gasteiger partial charge in [0.2, 0.25) is 0 Å². The molecule has 2 N–H and O–H groups in total. The van der Waals surface area contributed by atoms with E-state index in [1.807, 2.05) is 0 Å². The smallest absolute Gasteiger partial charge is 0.405 e. The van der Waals surface area contributed by atoms with Crippen LogP contribution in [-0.2, 0) is 9.53 Å². The number of ether oxygens (including phenoxy) is 1. The van der Waals surface area contributed by atoms with Crippen LogP contribution in [0.3, 0.4) is 0 Å². The van der Waals surface area contributed by atoms with Crippen LogP contribution in [0.25, 0.3) is 0 Å². The van der Waals surface area contributed by atoms with Crippen molar-refractivity contribution in [3.8, 4) is 0 Å². The Bertz CT molecular complexity index is 637. The summed E-state index contributed by atoms with van der Waals surface area (Å²) in [6.07, 6.45) is -0.859. The van der Waals surface area contributed by atoms with Gasteiger partial charge in [-0.25, -0.2) is 9.18 Å². The molecule has 0 unspecified atom stereocenters. The van der Waals surface area contributed by atoms with E-state index in [1.165, 1.54) is 24.3 Å². The van der Waals surface area contributed by atoms with Gasteiger partial charge in [0.05, 0.1) is 0 Å². The lowest BCUT2D eigenvalue weighted by Gasteiger charge is -2.34. The number of ketones is 1. The Balaban J connectivity index is 1.96. The van der Waals surface area contributed by atoms with Gasteiger partial charge in [-0.15, -0.1) is 0 Å².